The van der Waals surface area contributed by atoms with Gasteiger partial charge in [-0.1, -0.05) is 27.7 Å². The molecule has 2 amide bonds. The van der Waals surface area contributed by atoms with E-state index in [1.807, 2.05) is 0 Å². The summed E-state index contributed by atoms with van der Waals surface area (Å²) in [7, 11) is 0. The minimum atomic E-state index is -1.35. The summed E-state index contributed by atoms with van der Waals surface area (Å²) in [5, 5.41) is 24.2. The molecule has 0 unspecified atom stereocenters. The molecule has 0 spiro atoms. The Bertz CT molecular complexity index is 530. The molecule has 0 aromatic heterocycles. The van der Waals surface area contributed by atoms with E-state index in [0.717, 1.165) is 0 Å². The van der Waals surface area contributed by atoms with Gasteiger partial charge in [-0.25, -0.2) is 9.59 Å². The van der Waals surface area contributed by atoms with E-state index in [1.165, 1.54) is 0 Å². The minimum Gasteiger partial charge on any atom is -0.478 e. The van der Waals surface area contributed by atoms with Crippen LogP contribution in [0.15, 0.2) is 11.1 Å². The molecule has 26 heavy (non-hydrogen) atoms. The Labute approximate surface area is 154 Å². The molecule has 0 bridgehead atoms. The van der Waals surface area contributed by atoms with Crippen LogP contribution < -0.4 is 10.6 Å². The van der Waals surface area contributed by atoms with Crippen molar-refractivity contribution in [3.05, 3.63) is 11.1 Å². The van der Waals surface area contributed by atoms with Gasteiger partial charge in [-0.2, -0.15) is 0 Å². The molecule has 148 valence electrons. The highest BCUT2D eigenvalue weighted by molar-refractivity contribution is 5.99. The lowest BCUT2D eigenvalue weighted by Crippen LogP contribution is -2.38. The minimum absolute atomic E-state index is 0.125. The zero-order chi connectivity index (χ0) is 20.6. The average Bonchev–Trinajstić information content (AvgIpc) is 2.49. The van der Waals surface area contributed by atoms with Crippen LogP contribution in [0.2, 0.25) is 0 Å². The van der Waals surface area contributed by atoms with Crippen molar-refractivity contribution in [2.45, 2.75) is 66.5 Å². The fourth-order valence-corrected chi connectivity index (χ4v) is 2.21. The number of carbonyl (C=O) groups excluding carboxylic acids is 2. The van der Waals surface area contributed by atoms with Gasteiger partial charge in [0.05, 0.1) is 0 Å². The molecule has 0 aliphatic heterocycles. The molecule has 0 heterocycles. The lowest BCUT2D eigenvalue weighted by Gasteiger charge is -2.20. The SMILES string of the molecule is CC(C)C(=O)N[C@@H](C)CC(C(=O)O)=C(C[C@H](C)NC(=O)C(C)C)C(=O)O. The van der Waals surface area contributed by atoms with Gasteiger partial charge in [0.15, 0.2) is 0 Å². The van der Waals surface area contributed by atoms with E-state index in [-0.39, 0.29) is 47.6 Å². The predicted molar refractivity (Wildman–Crippen MR) is 96.4 cm³/mol. The first-order valence-corrected chi connectivity index (χ1v) is 8.66. The van der Waals surface area contributed by atoms with Crippen LogP contribution in [0.4, 0.5) is 0 Å². The summed E-state index contributed by atoms with van der Waals surface area (Å²) in [6.45, 7) is 10.1. The molecule has 8 nitrogen and oxygen atoms in total. The van der Waals surface area contributed by atoms with Crippen molar-refractivity contribution >= 4 is 23.8 Å². The number of amides is 2. The quantitative estimate of drug-likeness (QED) is 0.431. The van der Waals surface area contributed by atoms with E-state index < -0.39 is 24.0 Å². The Kier molecular flexibility index (Phi) is 9.61. The number of aliphatic carboxylic acids is 2. The lowest BCUT2D eigenvalue weighted by atomic mass is 9.96. The second-order valence-electron chi connectivity index (χ2n) is 7.10. The van der Waals surface area contributed by atoms with Crippen molar-refractivity contribution in [1.82, 2.24) is 10.6 Å². The maximum Gasteiger partial charge on any atom is 0.332 e. The largest absolute Gasteiger partial charge is 0.478 e. The second-order valence-corrected chi connectivity index (χ2v) is 7.10. The number of nitrogens with one attached hydrogen (secondary N) is 2. The molecule has 0 fully saturated rings. The van der Waals surface area contributed by atoms with Crippen LogP contribution in [0.3, 0.4) is 0 Å². The monoisotopic (exact) mass is 370 g/mol. The molecule has 0 saturated heterocycles. The second kappa shape index (κ2) is 10.6. The lowest BCUT2D eigenvalue weighted by molar-refractivity contribution is -0.136. The fourth-order valence-electron chi connectivity index (χ4n) is 2.21. The molecule has 0 saturated carbocycles. The molecular formula is C18H30N2O6. The van der Waals surface area contributed by atoms with E-state index in [0.29, 0.717) is 0 Å². The van der Waals surface area contributed by atoms with Crippen LogP contribution in [-0.2, 0) is 19.2 Å². The van der Waals surface area contributed by atoms with Gasteiger partial charge in [0.1, 0.15) is 0 Å². The summed E-state index contributed by atoms with van der Waals surface area (Å²) in [5.74, 6) is -3.71. The van der Waals surface area contributed by atoms with Crippen LogP contribution in [0.25, 0.3) is 0 Å². The fraction of sp³-hybridized carbons (Fsp3) is 0.667. The van der Waals surface area contributed by atoms with Gasteiger partial charge in [0, 0.05) is 47.9 Å². The number of carboxylic acid groups (broad SMARTS) is 2. The Balaban J connectivity index is 5.41. The van der Waals surface area contributed by atoms with Crippen LogP contribution in [0, 0.1) is 11.8 Å². The summed E-state index contributed by atoms with van der Waals surface area (Å²) in [6.07, 6.45) is -0.249. The first-order chi connectivity index (χ1) is 11.9. The molecule has 0 aliphatic carbocycles. The van der Waals surface area contributed by atoms with Gasteiger partial charge in [-0.15, -0.1) is 0 Å². The van der Waals surface area contributed by atoms with Gasteiger partial charge >= 0.3 is 11.9 Å². The molecule has 0 aromatic carbocycles. The number of carbonyl (C=O) groups is 4. The highest BCUT2D eigenvalue weighted by atomic mass is 16.4. The average molecular weight is 370 g/mol. The number of hydrogen-bond donors (Lipinski definition) is 4. The number of carboxylic acids is 2. The van der Waals surface area contributed by atoms with Gasteiger partial charge in [0.2, 0.25) is 11.8 Å². The van der Waals surface area contributed by atoms with Crippen molar-refractivity contribution in [1.29, 1.82) is 0 Å². The number of hydrogen-bond acceptors (Lipinski definition) is 4. The molecule has 4 N–H and O–H groups in total. The zero-order valence-electron chi connectivity index (χ0n) is 16.3. The highest BCUT2D eigenvalue weighted by Gasteiger charge is 2.25. The van der Waals surface area contributed by atoms with E-state index in [4.69, 9.17) is 0 Å². The van der Waals surface area contributed by atoms with Crippen molar-refractivity contribution < 1.29 is 29.4 Å². The van der Waals surface area contributed by atoms with E-state index in [1.54, 1.807) is 41.5 Å². The number of rotatable bonds is 10. The summed E-state index contributed by atoms with van der Waals surface area (Å²) in [6, 6.07) is -1.07. The van der Waals surface area contributed by atoms with Crippen LogP contribution in [0.5, 0.6) is 0 Å². The first kappa shape index (κ1) is 23.6. The van der Waals surface area contributed by atoms with Crippen molar-refractivity contribution in [2.24, 2.45) is 11.8 Å². The van der Waals surface area contributed by atoms with E-state index in [2.05, 4.69) is 10.6 Å². The smallest absolute Gasteiger partial charge is 0.332 e. The van der Waals surface area contributed by atoms with Gasteiger partial charge < -0.3 is 20.8 Å². The molecule has 0 rings (SSSR count). The van der Waals surface area contributed by atoms with Crippen molar-refractivity contribution in [3.63, 3.8) is 0 Å². The topological polar surface area (TPSA) is 133 Å². The maximum absolute atomic E-state index is 11.7. The van der Waals surface area contributed by atoms with Crippen molar-refractivity contribution in [3.8, 4) is 0 Å². The highest BCUT2D eigenvalue weighted by Crippen LogP contribution is 2.18. The Morgan fingerprint density at radius 2 is 0.923 bits per heavy atom. The molecule has 0 radical (unpaired) electrons. The van der Waals surface area contributed by atoms with Gasteiger partial charge in [-0.05, 0) is 13.8 Å². The Hall–Kier alpha value is -2.38. The summed E-state index contributed by atoms with van der Waals surface area (Å²) in [4.78, 5) is 46.6. The van der Waals surface area contributed by atoms with Gasteiger partial charge in [0.25, 0.3) is 0 Å². The maximum atomic E-state index is 11.7. The van der Waals surface area contributed by atoms with Gasteiger partial charge in [-0.3, -0.25) is 9.59 Å². The summed E-state index contributed by atoms with van der Waals surface area (Å²) in [5.41, 5.74) is -0.556. The third-order valence-electron chi connectivity index (χ3n) is 3.73. The van der Waals surface area contributed by atoms with E-state index >= 15 is 0 Å². The van der Waals surface area contributed by atoms with Crippen LogP contribution in [-0.4, -0.2) is 46.0 Å². The van der Waals surface area contributed by atoms with E-state index in [9.17, 15) is 29.4 Å². The molecule has 0 aromatic rings. The summed E-state index contributed by atoms with van der Waals surface area (Å²) >= 11 is 0. The Morgan fingerprint density at radius 3 is 1.12 bits per heavy atom. The normalized spacial score (nSPS) is 14.5. The molecule has 0 aliphatic rings. The summed E-state index contributed by atoms with van der Waals surface area (Å²) < 4.78 is 0. The Morgan fingerprint density at radius 1 is 0.654 bits per heavy atom. The van der Waals surface area contributed by atoms with Crippen LogP contribution in [0.1, 0.15) is 54.4 Å². The molecular weight excluding hydrogens is 340 g/mol. The first-order valence-electron chi connectivity index (χ1n) is 8.66. The predicted octanol–water partition coefficient (Wildman–Crippen LogP) is 1.55. The zero-order valence-corrected chi connectivity index (χ0v) is 16.3. The molecule has 8 heteroatoms. The third kappa shape index (κ3) is 8.13. The van der Waals surface area contributed by atoms with Crippen molar-refractivity contribution in [2.75, 3.05) is 0 Å². The third-order valence-corrected chi connectivity index (χ3v) is 3.73. The van der Waals surface area contributed by atoms with Crippen LogP contribution >= 0.6 is 0 Å². The standard InChI is InChI=1S/C18H30N2O6/c1-9(2)15(21)19-11(5)7-13(17(23)24)14(18(25)26)8-12(6)20-16(22)10(3)4/h9-12H,7-8H2,1-6H3,(H,19,21)(H,20,22)(H,23,24)(H,25,26)/t11-,12-/m0/s1. The molecule has 2 atom stereocenters.